The molecule has 17 nitrogen and oxygen atoms in total. The molecule has 2 unspecified atom stereocenters. The van der Waals surface area contributed by atoms with Crippen LogP contribution in [0.15, 0.2) is 0 Å². The van der Waals surface area contributed by atoms with E-state index in [9.17, 15) is 43.2 Å². The zero-order chi connectivity index (χ0) is 71.9. The molecule has 0 amide bonds. The lowest BCUT2D eigenvalue weighted by atomic mass is 10.0. The number of hydrogen-bond acceptors (Lipinski definition) is 15. The van der Waals surface area contributed by atoms with Gasteiger partial charge in [0.2, 0.25) is 0 Å². The van der Waals surface area contributed by atoms with E-state index >= 15 is 0 Å². The van der Waals surface area contributed by atoms with Gasteiger partial charge in [-0.25, -0.2) is 9.13 Å². The Kier molecular flexibility index (Phi) is 70.6. The summed E-state index contributed by atoms with van der Waals surface area (Å²) >= 11 is 0. The molecule has 0 fully saturated rings. The Bertz CT molecular complexity index is 1870. The van der Waals surface area contributed by atoms with Crippen LogP contribution in [0.5, 0.6) is 0 Å². The summed E-state index contributed by atoms with van der Waals surface area (Å²) in [6.07, 6.45) is 63.0. The lowest BCUT2D eigenvalue weighted by Gasteiger charge is -2.21. The molecule has 0 saturated carbocycles. The summed E-state index contributed by atoms with van der Waals surface area (Å²) in [5, 5.41) is 10.6. The zero-order valence-corrected chi connectivity index (χ0v) is 65.7. The lowest BCUT2D eigenvalue weighted by Crippen LogP contribution is -2.30. The van der Waals surface area contributed by atoms with E-state index in [4.69, 9.17) is 37.0 Å². The highest BCUT2D eigenvalue weighted by Crippen LogP contribution is 2.45. The maximum atomic E-state index is 13.1. The fourth-order valence-corrected chi connectivity index (χ4v) is 13.8. The predicted octanol–water partition coefficient (Wildman–Crippen LogP) is 23.6. The van der Waals surface area contributed by atoms with Crippen LogP contribution in [0.4, 0.5) is 0 Å². The van der Waals surface area contributed by atoms with Crippen molar-refractivity contribution in [2.45, 2.75) is 438 Å². The monoisotopic (exact) mass is 1440 g/mol. The van der Waals surface area contributed by atoms with Crippen molar-refractivity contribution in [1.29, 1.82) is 0 Å². The fourth-order valence-electron chi connectivity index (χ4n) is 12.2. The van der Waals surface area contributed by atoms with E-state index in [0.717, 1.165) is 102 Å². The van der Waals surface area contributed by atoms with Crippen LogP contribution in [0.25, 0.3) is 0 Å². The van der Waals surface area contributed by atoms with E-state index in [-0.39, 0.29) is 25.7 Å². The second kappa shape index (κ2) is 72.0. The minimum atomic E-state index is -4.96. The molecular formula is C79H154O17P2. The molecule has 0 spiro atoms. The molecule has 0 saturated heterocycles. The van der Waals surface area contributed by atoms with Gasteiger partial charge in [-0.05, 0) is 31.6 Å². The smallest absolute Gasteiger partial charge is 0.462 e. The predicted molar refractivity (Wildman–Crippen MR) is 400 cm³/mol. The van der Waals surface area contributed by atoms with E-state index in [1.54, 1.807) is 0 Å². The van der Waals surface area contributed by atoms with Crippen molar-refractivity contribution < 1.29 is 80.2 Å². The largest absolute Gasteiger partial charge is 0.472 e. The van der Waals surface area contributed by atoms with Crippen LogP contribution in [0.1, 0.15) is 420 Å². The first-order valence-electron chi connectivity index (χ1n) is 41.1. The van der Waals surface area contributed by atoms with Crippen LogP contribution in [0, 0.1) is 5.92 Å². The van der Waals surface area contributed by atoms with Crippen LogP contribution < -0.4 is 0 Å². The molecule has 19 heteroatoms. The molecule has 5 atom stereocenters. The first-order valence-corrected chi connectivity index (χ1v) is 44.1. The molecule has 3 N–H and O–H groups in total. The Labute approximate surface area is 600 Å². The van der Waals surface area contributed by atoms with Gasteiger partial charge in [0, 0.05) is 25.7 Å². The Morgan fingerprint density at radius 1 is 0.276 bits per heavy atom. The summed E-state index contributed by atoms with van der Waals surface area (Å²) in [6, 6.07) is 0. The summed E-state index contributed by atoms with van der Waals surface area (Å²) in [5.74, 6) is -1.34. The van der Waals surface area contributed by atoms with Crippen molar-refractivity contribution in [2.24, 2.45) is 5.92 Å². The molecule has 0 bridgehead atoms. The number of hydrogen-bond donors (Lipinski definition) is 3. The Morgan fingerprint density at radius 3 is 0.694 bits per heavy atom. The Morgan fingerprint density at radius 2 is 0.469 bits per heavy atom. The highest BCUT2D eigenvalue weighted by Gasteiger charge is 2.30. The highest BCUT2D eigenvalue weighted by atomic mass is 31.2. The van der Waals surface area contributed by atoms with E-state index < -0.39 is 97.5 Å². The molecule has 0 aliphatic carbocycles. The van der Waals surface area contributed by atoms with Crippen LogP contribution in [-0.4, -0.2) is 96.7 Å². The third-order valence-electron chi connectivity index (χ3n) is 18.5. The number of phosphoric acid groups is 2. The second-order valence-corrected chi connectivity index (χ2v) is 31.8. The Hall–Kier alpha value is -1.94. The molecule has 582 valence electrons. The summed E-state index contributed by atoms with van der Waals surface area (Å²) in [6.45, 7) is 7.23. The number of rotatable bonds is 79. The first kappa shape index (κ1) is 96.1. The van der Waals surface area contributed by atoms with E-state index in [2.05, 4.69) is 34.6 Å². The summed E-state index contributed by atoms with van der Waals surface area (Å²) in [5.41, 5.74) is 0. The maximum absolute atomic E-state index is 13.1. The van der Waals surface area contributed by atoms with Gasteiger partial charge >= 0.3 is 39.5 Å². The minimum Gasteiger partial charge on any atom is -0.462 e. The Balaban J connectivity index is 5.12. The van der Waals surface area contributed by atoms with Gasteiger partial charge in [-0.3, -0.25) is 37.3 Å². The highest BCUT2D eigenvalue weighted by molar-refractivity contribution is 7.47. The number of aliphatic hydroxyl groups is 1. The molecule has 0 aromatic heterocycles. The van der Waals surface area contributed by atoms with Gasteiger partial charge in [0.05, 0.1) is 26.4 Å². The van der Waals surface area contributed by atoms with E-state index in [1.165, 1.54) is 238 Å². The van der Waals surface area contributed by atoms with E-state index in [1.807, 2.05) is 0 Å². The number of phosphoric ester groups is 2. The summed E-state index contributed by atoms with van der Waals surface area (Å²) in [7, 11) is -9.90. The van der Waals surface area contributed by atoms with Gasteiger partial charge in [0.25, 0.3) is 0 Å². The van der Waals surface area contributed by atoms with Crippen LogP contribution >= 0.6 is 15.6 Å². The van der Waals surface area contributed by atoms with Crippen LogP contribution in [0.3, 0.4) is 0 Å². The van der Waals surface area contributed by atoms with Crippen molar-refractivity contribution in [2.75, 3.05) is 39.6 Å². The van der Waals surface area contributed by atoms with Crippen molar-refractivity contribution in [3.05, 3.63) is 0 Å². The van der Waals surface area contributed by atoms with Crippen molar-refractivity contribution in [3.8, 4) is 0 Å². The van der Waals surface area contributed by atoms with Crippen molar-refractivity contribution in [1.82, 2.24) is 0 Å². The summed E-state index contributed by atoms with van der Waals surface area (Å²) < 4.78 is 68.4. The van der Waals surface area contributed by atoms with Gasteiger partial charge < -0.3 is 33.8 Å². The SMILES string of the molecule is CCCCCCCCCCCCCCCCCCCCCCC(=O)O[C@H](COC(=O)CCCCCCCCCCCCCCCCCCCC)COP(=O)(O)OC[C@@H](O)COP(=O)(O)OC[C@@H](COC(=O)CCCCCCC)OC(=O)CCCCCCCCCCCCCCC(C)C. The quantitative estimate of drug-likeness (QED) is 0.0222. The molecule has 0 radical (unpaired) electrons. The van der Waals surface area contributed by atoms with E-state index in [0.29, 0.717) is 25.7 Å². The van der Waals surface area contributed by atoms with Crippen molar-refractivity contribution in [3.63, 3.8) is 0 Å². The number of aliphatic hydroxyl groups excluding tert-OH is 1. The van der Waals surface area contributed by atoms with Crippen LogP contribution in [0.2, 0.25) is 0 Å². The molecule has 98 heavy (non-hydrogen) atoms. The number of carbonyl (C=O) groups is 4. The van der Waals surface area contributed by atoms with Gasteiger partial charge in [-0.2, -0.15) is 0 Å². The van der Waals surface area contributed by atoms with Crippen LogP contribution in [-0.2, 0) is 65.4 Å². The molecule has 0 aliphatic heterocycles. The minimum absolute atomic E-state index is 0.106. The molecule has 0 aromatic rings. The van der Waals surface area contributed by atoms with Gasteiger partial charge in [-0.15, -0.1) is 0 Å². The van der Waals surface area contributed by atoms with Crippen molar-refractivity contribution >= 4 is 39.5 Å². The average molecular weight is 1440 g/mol. The molecular weight excluding hydrogens is 1280 g/mol. The third kappa shape index (κ3) is 72.4. The maximum Gasteiger partial charge on any atom is 0.472 e. The summed E-state index contributed by atoms with van der Waals surface area (Å²) in [4.78, 5) is 72.6. The first-order chi connectivity index (χ1) is 47.5. The average Bonchev–Trinajstić information content (AvgIpc) is 1.05. The second-order valence-electron chi connectivity index (χ2n) is 28.9. The molecule has 0 aliphatic rings. The van der Waals surface area contributed by atoms with Gasteiger partial charge in [0.15, 0.2) is 12.2 Å². The molecule has 0 rings (SSSR count). The normalized spacial score (nSPS) is 13.9. The number of ether oxygens (including phenoxy) is 4. The lowest BCUT2D eigenvalue weighted by molar-refractivity contribution is -0.161. The van der Waals surface area contributed by atoms with Gasteiger partial charge in [0.1, 0.15) is 19.3 Å². The third-order valence-corrected chi connectivity index (χ3v) is 20.4. The topological polar surface area (TPSA) is 237 Å². The number of unbranched alkanes of at least 4 members (excludes halogenated alkanes) is 51. The van der Waals surface area contributed by atoms with Gasteiger partial charge in [-0.1, -0.05) is 369 Å². The fraction of sp³-hybridized carbons (Fsp3) is 0.949. The standard InChI is InChI=1S/C79H154O17P2/c1-6-9-12-15-17-19-21-23-25-27-29-30-32-34-36-41-45-49-54-59-65-79(84)96-75(69-90-77(82)63-58-53-48-44-40-35-33-31-28-26-24-22-20-18-16-13-10-7-2)71-94-98(87,88)92-67-73(80)66-91-97(85,86)93-70-74(68-89-76(81)62-57-51-14-11-8-3)95-78(83)64-60-55-50-46-42-38-37-39-43-47-52-56-61-72(4)5/h72-75,80H,6-71H2,1-5H3,(H,85,86)(H,87,88)/t73-,74+,75+/m0/s1. The zero-order valence-electron chi connectivity index (χ0n) is 63.9. The number of carbonyl (C=O) groups excluding carboxylic acids is 4. The number of esters is 4. The molecule has 0 aromatic carbocycles. The molecule has 0 heterocycles.